The van der Waals surface area contributed by atoms with Crippen LogP contribution in [0.4, 0.5) is 18.0 Å². The van der Waals surface area contributed by atoms with Gasteiger partial charge in [-0.1, -0.05) is 0 Å². The Morgan fingerprint density at radius 2 is 1.94 bits per heavy atom. The number of likely N-dealkylation sites (tertiary alicyclic amines) is 1. The predicted molar refractivity (Wildman–Crippen MR) is 120 cm³/mol. The number of carbonyl (C=O) groups is 1. The number of hydrogen-bond acceptors (Lipinski definition) is 7. The molecule has 2 aromatic heterocycles. The van der Waals surface area contributed by atoms with Gasteiger partial charge in [0.2, 0.25) is 0 Å². The first-order valence-corrected chi connectivity index (χ1v) is 11.4. The van der Waals surface area contributed by atoms with Crippen LogP contribution < -0.4 is 4.74 Å². The summed E-state index contributed by atoms with van der Waals surface area (Å²) in [7, 11) is 0. The molecule has 1 saturated heterocycles. The maximum absolute atomic E-state index is 14.4. The molecule has 0 bridgehead atoms. The monoisotopic (exact) mass is 498 g/mol. The first-order chi connectivity index (χ1) is 16.8. The smallest absolute Gasteiger partial charge is 0.341 e. The maximum Gasteiger partial charge on any atom is 0.341 e. The SMILES string of the molecule is Cc1nc(C#N)sc1-c1cc(OC2CN(C(=O)N3N=CCC3c3cc(F)cc(F)c3)C2)c(F)cn1. The highest BCUT2D eigenvalue weighted by atomic mass is 32.1. The summed E-state index contributed by atoms with van der Waals surface area (Å²) >= 11 is 1.15. The van der Waals surface area contributed by atoms with E-state index < -0.39 is 35.6 Å². The number of urea groups is 1. The van der Waals surface area contributed by atoms with Crippen molar-refractivity contribution in [2.75, 3.05) is 13.1 Å². The second-order valence-electron chi connectivity index (χ2n) is 8.07. The van der Waals surface area contributed by atoms with Gasteiger partial charge in [0.05, 0.1) is 41.6 Å². The average Bonchev–Trinajstić information content (AvgIpc) is 3.43. The fraction of sp³-hybridized carbons (Fsp3) is 0.261. The highest BCUT2D eigenvalue weighted by Gasteiger charge is 2.39. The standard InChI is InChI=1S/C23H17F3N6O2S/c1-12-22(35-21(8-27)30-12)18-7-20(17(26)9-28-18)34-16-10-31(11-16)23(33)32-19(2-3-29-32)13-4-14(24)6-15(25)5-13/h3-7,9,16,19H,2,10-11H2,1H3. The summed E-state index contributed by atoms with van der Waals surface area (Å²) in [5, 5.41) is 14.6. The zero-order valence-corrected chi connectivity index (χ0v) is 19.1. The Labute approximate surface area is 201 Å². The van der Waals surface area contributed by atoms with Gasteiger partial charge in [0, 0.05) is 24.8 Å². The zero-order chi connectivity index (χ0) is 24.7. The zero-order valence-electron chi connectivity index (χ0n) is 18.3. The number of carbonyl (C=O) groups excluding carboxylic acids is 1. The van der Waals surface area contributed by atoms with Crippen molar-refractivity contribution in [3.8, 4) is 22.4 Å². The van der Waals surface area contributed by atoms with Crippen molar-refractivity contribution in [1.82, 2.24) is 19.9 Å². The van der Waals surface area contributed by atoms with Gasteiger partial charge in [-0.2, -0.15) is 10.4 Å². The molecule has 1 atom stereocenters. The molecule has 0 saturated carbocycles. The fourth-order valence-corrected chi connectivity index (χ4v) is 4.78. The molecule has 178 valence electrons. The molecule has 2 aliphatic heterocycles. The highest BCUT2D eigenvalue weighted by molar-refractivity contribution is 7.15. The van der Waals surface area contributed by atoms with Gasteiger partial charge in [0.15, 0.2) is 16.6 Å². The first-order valence-electron chi connectivity index (χ1n) is 10.6. The van der Waals surface area contributed by atoms with Gasteiger partial charge in [-0.25, -0.2) is 28.0 Å². The molecule has 0 radical (unpaired) electrons. The van der Waals surface area contributed by atoms with Crippen LogP contribution >= 0.6 is 11.3 Å². The van der Waals surface area contributed by atoms with Gasteiger partial charge < -0.3 is 9.64 Å². The third-order valence-electron chi connectivity index (χ3n) is 5.65. The van der Waals surface area contributed by atoms with Crippen LogP contribution in [-0.2, 0) is 0 Å². The number of benzene rings is 1. The van der Waals surface area contributed by atoms with Crippen LogP contribution in [-0.4, -0.2) is 51.3 Å². The summed E-state index contributed by atoms with van der Waals surface area (Å²) < 4.78 is 47.4. The molecule has 2 aliphatic rings. The molecule has 35 heavy (non-hydrogen) atoms. The fourth-order valence-electron chi connectivity index (χ4n) is 3.95. The lowest BCUT2D eigenvalue weighted by atomic mass is 10.0. The van der Waals surface area contributed by atoms with Crippen LogP contribution in [0.1, 0.15) is 28.7 Å². The summed E-state index contributed by atoms with van der Waals surface area (Å²) in [5.74, 6) is -2.13. The van der Waals surface area contributed by atoms with Crippen molar-refractivity contribution < 1.29 is 22.7 Å². The molecular formula is C23H17F3N6O2S. The number of thiazole rings is 1. The van der Waals surface area contributed by atoms with E-state index in [1.54, 1.807) is 6.92 Å². The quantitative estimate of drug-likeness (QED) is 0.531. The van der Waals surface area contributed by atoms with Gasteiger partial charge in [0.1, 0.15) is 23.8 Å². The normalized spacial score (nSPS) is 17.4. The number of hydrogen-bond donors (Lipinski definition) is 0. The molecule has 2 amide bonds. The summed E-state index contributed by atoms with van der Waals surface area (Å²) in [4.78, 5) is 23.2. The number of ether oxygens (including phenoxy) is 1. The molecule has 12 heteroatoms. The van der Waals surface area contributed by atoms with E-state index in [9.17, 15) is 18.0 Å². The average molecular weight is 498 g/mol. The van der Waals surface area contributed by atoms with Crippen molar-refractivity contribution in [2.24, 2.45) is 5.10 Å². The molecule has 0 spiro atoms. The minimum absolute atomic E-state index is 0.0225. The number of aryl methyl sites for hydroxylation is 1. The van der Waals surface area contributed by atoms with Crippen molar-refractivity contribution in [3.63, 3.8) is 0 Å². The molecule has 0 N–H and O–H groups in total. The number of hydrazone groups is 1. The van der Waals surface area contributed by atoms with E-state index in [2.05, 4.69) is 15.1 Å². The van der Waals surface area contributed by atoms with Crippen molar-refractivity contribution >= 4 is 23.6 Å². The Bertz CT molecular complexity index is 1360. The molecular weight excluding hydrogens is 481 g/mol. The highest BCUT2D eigenvalue weighted by Crippen LogP contribution is 2.34. The lowest BCUT2D eigenvalue weighted by molar-refractivity contribution is 0.0256. The molecule has 8 nitrogen and oxygen atoms in total. The minimum Gasteiger partial charge on any atom is -0.483 e. The Morgan fingerprint density at radius 3 is 2.63 bits per heavy atom. The van der Waals surface area contributed by atoms with E-state index in [-0.39, 0.29) is 23.8 Å². The number of rotatable bonds is 4. The molecule has 3 aromatic rings. The summed E-state index contributed by atoms with van der Waals surface area (Å²) in [6.07, 6.45) is 2.43. The molecule has 4 heterocycles. The number of nitrogens with zero attached hydrogens (tertiary/aromatic N) is 6. The second kappa shape index (κ2) is 8.99. The molecule has 1 aromatic carbocycles. The van der Waals surface area contributed by atoms with Gasteiger partial charge >= 0.3 is 6.03 Å². The number of halogens is 3. The van der Waals surface area contributed by atoms with E-state index in [1.807, 2.05) is 6.07 Å². The van der Waals surface area contributed by atoms with E-state index in [0.717, 1.165) is 23.6 Å². The van der Waals surface area contributed by atoms with Crippen molar-refractivity contribution in [2.45, 2.75) is 25.5 Å². The van der Waals surface area contributed by atoms with E-state index in [4.69, 9.17) is 10.00 Å². The van der Waals surface area contributed by atoms with Crippen LogP contribution in [0, 0.1) is 35.7 Å². The Morgan fingerprint density at radius 1 is 1.20 bits per heavy atom. The number of pyridine rings is 1. The predicted octanol–water partition coefficient (Wildman–Crippen LogP) is 4.42. The number of amides is 2. The number of aromatic nitrogens is 2. The van der Waals surface area contributed by atoms with Gasteiger partial charge in [0.25, 0.3) is 0 Å². The largest absolute Gasteiger partial charge is 0.483 e. The minimum atomic E-state index is -0.729. The first kappa shape index (κ1) is 22.8. The third-order valence-corrected chi connectivity index (χ3v) is 6.74. The Balaban J connectivity index is 1.25. The van der Waals surface area contributed by atoms with E-state index >= 15 is 0 Å². The lowest BCUT2D eigenvalue weighted by Gasteiger charge is -2.41. The van der Waals surface area contributed by atoms with Crippen LogP contribution in [0.5, 0.6) is 5.75 Å². The van der Waals surface area contributed by atoms with Crippen molar-refractivity contribution in [3.05, 3.63) is 64.2 Å². The Kier molecular flexibility index (Phi) is 5.86. The van der Waals surface area contributed by atoms with Gasteiger partial charge in [-0.05, 0) is 24.6 Å². The summed E-state index contributed by atoms with van der Waals surface area (Å²) in [5.41, 5.74) is 1.35. The topological polar surface area (TPSA) is 94.7 Å². The summed E-state index contributed by atoms with van der Waals surface area (Å²) in [6, 6.07) is 5.50. The van der Waals surface area contributed by atoms with Crippen molar-refractivity contribution in [1.29, 1.82) is 5.26 Å². The van der Waals surface area contributed by atoms with Gasteiger partial charge in [-0.15, -0.1) is 11.3 Å². The molecule has 5 rings (SSSR count). The van der Waals surface area contributed by atoms with Crippen LogP contribution in [0.15, 0.2) is 35.6 Å². The molecule has 1 fully saturated rings. The van der Waals surface area contributed by atoms with Crippen LogP contribution in [0.25, 0.3) is 10.6 Å². The lowest BCUT2D eigenvalue weighted by Crippen LogP contribution is -2.58. The third kappa shape index (κ3) is 4.42. The molecule has 1 unspecified atom stereocenters. The van der Waals surface area contributed by atoms with E-state index in [0.29, 0.717) is 28.2 Å². The van der Waals surface area contributed by atoms with E-state index in [1.165, 1.54) is 34.3 Å². The van der Waals surface area contributed by atoms with Crippen LogP contribution in [0.2, 0.25) is 0 Å². The Hall–Kier alpha value is -3.98. The number of nitriles is 1. The summed E-state index contributed by atoms with van der Waals surface area (Å²) in [6.45, 7) is 2.11. The molecule has 0 aliphatic carbocycles. The maximum atomic E-state index is 14.4. The van der Waals surface area contributed by atoms with Crippen LogP contribution in [0.3, 0.4) is 0 Å². The van der Waals surface area contributed by atoms with Gasteiger partial charge in [-0.3, -0.25) is 4.98 Å². The second-order valence-corrected chi connectivity index (χ2v) is 9.07.